The van der Waals surface area contributed by atoms with Crippen molar-refractivity contribution in [3.05, 3.63) is 65.1 Å². The van der Waals surface area contributed by atoms with Gasteiger partial charge in [-0.1, -0.05) is 30.3 Å². The maximum Gasteiger partial charge on any atom is 0.255 e. The summed E-state index contributed by atoms with van der Waals surface area (Å²) in [4.78, 5) is 32.7. The van der Waals surface area contributed by atoms with Crippen LogP contribution in [0.25, 0.3) is 28.4 Å². The van der Waals surface area contributed by atoms with Crippen molar-refractivity contribution in [2.24, 2.45) is 0 Å². The summed E-state index contributed by atoms with van der Waals surface area (Å²) in [6.07, 6.45) is 11.5. The van der Waals surface area contributed by atoms with Crippen molar-refractivity contribution in [1.82, 2.24) is 34.5 Å². The van der Waals surface area contributed by atoms with Crippen molar-refractivity contribution in [2.45, 2.75) is 37.8 Å². The van der Waals surface area contributed by atoms with Gasteiger partial charge in [0.05, 0.1) is 22.6 Å². The molecule has 0 unspecified atom stereocenters. The maximum atomic E-state index is 13.4. The van der Waals surface area contributed by atoms with E-state index in [1.807, 2.05) is 58.5 Å². The molecule has 2 fully saturated rings. The van der Waals surface area contributed by atoms with Crippen molar-refractivity contribution in [3.8, 4) is 11.3 Å². The molecule has 0 spiro atoms. The van der Waals surface area contributed by atoms with Crippen LogP contribution in [0.5, 0.6) is 0 Å². The summed E-state index contributed by atoms with van der Waals surface area (Å²) in [6, 6.07) is 10.9. The van der Waals surface area contributed by atoms with Gasteiger partial charge in [0.1, 0.15) is 0 Å². The van der Waals surface area contributed by atoms with Gasteiger partial charge in [-0.2, -0.15) is 0 Å². The highest BCUT2D eigenvalue weighted by Crippen LogP contribution is 2.29. The number of benzene rings is 1. The molecule has 4 aromatic rings. The summed E-state index contributed by atoms with van der Waals surface area (Å²) >= 11 is 1.58. The summed E-state index contributed by atoms with van der Waals surface area (Å²) in [7, 11) is 2.19. The van der Waals surface area contributed by atoms with Crippen molar-refractivity contribution in [1.29, 1.82) is 0 Å². The Bertz CT molecular complexity index is 1460. The standard InChI is InChI=1S/C29H34N8OS/c1-35-13-15-36(16-14-35)22-9-7-21(8-10-22)32-27(38)23-19-31-28(30)33-24(23)11-12-25-26(20-5-3-2-4-6-20)34-29-37(25)17-18-39-29/h2-6,11-12,17-19,21-22H,7-10,13-16H2,1H3,(H,32,38)(H2,30,31,33)/b12-11+. The van der Waals surface area contributed by atoms with Crippen molar-refractivity contribution in [3.63, 3.8) is 0 Å². The van der Waals surface area contributed by atoms with E-state index < -0.39 is 0 Å². The molecule has 0 bridgehead atoms. The number of hydrogen-bond donors (Lipinski definition) is 2. The number of anilines is 1. The van der Waals surface area contributed by atoms with Gasteiger partial charge in [0, 0.05) is 61.6 Å². The number of hydrogen-bond acceptors (Lipinski definition) is 8. The highest BCUT2D eigenvalue weighted by Gasteiger charge is 2.29. The molecule has 3 aromatic heterocycles. The predicted octanol–water partition coefficient (Wildman–Crippen LogP) is 3.89. The lowest BCUT2D eigenvalue weighted by atomic mass is 9.89. The first kappa shape index (κ1) is 25.7. The summed E-state index contributed by atoms with van der Waals surface area (Å²) in [5, 5.41) is 5.25. The molecule has 1 saturated heterocycles. The molecule has 2 aliphatic rings. The number of carbonyl (C=O) groups excluding carboxylic acids is 1. The zero-order valence-electron chi connectivity index (χ0n) is 22.2. The quantitative estimate of drug-likeness (QED) is 0.381. The summed E-state index contributed by atoms with van der Waals surface area (Å²) in [5.41, 5.74) is 9.69. The summed E-state index contributed by atoms with van der Waals surface area (Å²) in [5.74, 6) is -0.0222. The van der Waals surface area contributed by atoms with Gasteiger partial charge in [-0.25, -0.2) is 15.0 Å². The Morgan fingerprint density at radius 2 is 1.82 bits per heavy atom. The molecule has 9 nitrogen and oxygen atoms in total. The average molecular weight is 543 g/mol. The topological polar surface area (TPSA) is 105 Å². The maximum absolute atomic E-state index is 13.4. The second-order valence-corrected chi connectivity index (χ2v) is 11.3. The molecular weight excluding hydrogens is 508 g/mol. The third kappa shape index (κ3) is 5.59. The normalized spacial score (nSPS) is 21.1. The van der Waals surface area contributed by atoms with E-state index in [4.69, 9.17) is 10.7 Å². The van der Waals surface area contributed by atoms with Crippen LogP contribution in [0.4, 0.5) is 5.95 Å². The first-order valence-corrected chi connectivity index (χ1v) is 14.5. The zero-order chi connectivity index (χ0) is 26.8. The number of aromatic nitrogens is 4. The summed E-state index contributed by atoms with van der Waals surface area (Å²) < 4.78 is 2.05. The fourth-order valence-electron chi connectivity index (χ4n) is 5.68. The van der Waals surface area contributed by atoms with Crippen LogP contribution >= 0.6 is 11.3 Å². The highest BCUT2D eigenvalue weighted by molar-refractivity contribution is 7.15. The van der Waals surface area contributed by atoms with Crippen molar-refractivity contribution < 1.29 is 4.79 Å². The zero-order valence-corrected chi connectivity index (χ0v) is 23.0. The molecule has 4 heterocycles. The lowest BCUT2D eigenvalue weighted by Crippen LogP contribution is -2.51. The third-order valence-electron chi connectivity index (χ3n) is 7.91. The minimum atomic E-state index is -0.157. The van der Waals surface area contributed by atoms with Gasteiger partial charge in [0.15, 0.2) is 4.96 Å². The van der Waals surface area contributed by atoms with E-state index in [-0.39, 0.29) is 17.9 Å². The number of rotatable bonds is 6. The molecule has 10 heteroatoms. The van der Waals surface area contributed by atoms with Gasteiger partial charge in [-0.05, 0) is 44.9 Å². The number of carbonyl (C=O) groups is 1. The highest BCUT2D eigenvalue weighted by atomic mass is 32.1. The largest absolute Gasteiger partial charge is 0.368 e. The Kier molecular flexibility index (Phi) is 7.40. The Balaban J connectivity index is 1.18. The molecule has 1 amide bonds. The Hall–Kier alpha value is -3.60. The third-order valence-corrected chi connectivity index (χ3v) is 8.67. The predicted molar refractivity (Wildman–Crippen MR) is 156 cm³/mol. The van der Waals surface area contributed by atoms with Gasteiger partial charge in [-0.3, -0.25) is 14.1 Å². The molecule has 1 aromatic carbocycles. The van der Waals surface area contributed by atoms with Crippen LogP contribution in [0.2, 0.25) is 0 Å². The van der Waals surface area contributed by atoms with E-state index in [1.54, 1.807) is 11.3 Å². The van der Waals surface area contributed by atoms with Crippen LogP contribution in [-0.4, -0.2) is 80.4 Å². The summed E-state index contributed by atoms with van der Waals surface area (Å²) in [6.45, 7) is 4.54. The van der Waals surface area contributed by atoms with E-state index in [2.05, 4.69) is 32.1 Å². The Morgan fingerprint density at radius 1 is 1.05 bits per heavy atom. The second-order valence-electron chi connectivity index (χ2n) is 10.4. The number of amides is 1. The van der Waals surface area contributed by atoms with E-state index in [9.17, 15) is 4.79 Å². The lowest BCUT2D eigenvalue weighted by Gasteiger charge is -2.41. The van der Waals surface area contributed by atoms with E-state index >= 15 is 0 Å². The van der Waals surface area contributed by atoms with Gasteiger partial charge >= 0.3 is 0 Å². The first-order chi connectivity index (χ1) is 19.0. The van der Waals surface area contributed by atoms with E-state index in [0.717, 1.165) is 73.8 Å². The molecule has 0 radical (unpaired) electrons. The van der Waals surface area contributed by atoms with Crippen LogP contribution in [0.1, 0.15) is 47.4 Å². The molecule has 1 aliphatic heterocycles. The van der Waals surface area contributed by atoms with Crippen molar-refractivity contribution in [2.75, 3.05) is 39.0 Å². The first-order valence-electron chi connectivity index (χ1n) is 13.6. The molecule has 202 valence electrons. The van der Waals surface area contributed by atoms with Crippen LogP contribution < -0.4 is 11.1 Å². The van der Waals surface area contributed by atoms with Gasteiger partial charge in [0.2, 0.25) is 5.95 Å². The molecular formula is C29H34N8OS. The van der Waals surface area contributed by atoms with Gasteiger partial charge in [0.25, 0.3) is 5.91 Å². The fourth-order valence-corrected chi connectivity index (χ4v) is 6.40. The van der Waals surface area contributed by atoms with E-state index in [1.165, 1.54) is 6.20 Å². The van der Waals surface area contributed by atoms with Crippen LogP contribution in [0, 0.1) is 0 Å². The number of piperazine rings is 1. The number of likely N-dealkylation sites (N-methyl/N-ethyl adjacent to an activating group) is 1. The number of thiazole rings is 1. The minimum Gasteiger partial charge on any atom is -0.368 e. The number of nitrogens with zero attached hydrogens (tertiary/aromatic N) is 6. The monoisotopic (exact) mass is 542 g/mol. The SMILES string of the molecule is CN1CCN(C2CCC(NC(=O)c3cnc(N)nc3/C=C/c3c(-c4ccccc4)nc4sccn34)CC2)CC1. The molecule has 1 aliphatic carbocycles. The van der Waals surface area contributed by atoms with E-state index in [0.29, 0.717) is 17.3 Å². The number of nitrogen functional groups attached to an aromatic ring is 1. The van der Waals surface area contributed by atoms with Crippen LogP contribution in [0.3, 0.4) is 0 Å². The number of nitrogens with two attached hydrogens (primary N) is 1. The fraction of sp³-hybridized carbons (Fsp3) is 0.379. The minimum absolute atomic E-state index is 0.135. The van der Waals surface area contributed by atoms with Crippen LogP contribution in [0.15, 0.2) is 48.1 Å². The van der Waals surface area contributed by atoms with Crippen molar-refractivity contribution >= 4 is 40.3 Å². The van der Waals surface area contributed by atoms with Gasteiger partial charge in [-0.15, -0.1) is 11.3 Å². The molecule has 1 saturated carbocycles. The average Bonchev–Trinajstić information content (AvgIpc) is 3.55. The molecule has 6 rings (SSSR count). The Labute approximate surface area is 232 Å². The van der Waals surface area contributed by atoms with Gasteiger partial charge < -0.3 is 16.0 Å². The molecule has 39 heavy (non-hydrogen) atoms. The second kappa shape index (κ2) is 11.3. The smallest absolute Gasteiger partial charge is 0.255 e. The number of fused-ring (bicyclic) bond motifs is 1. The Morgan fingerprint density at radius 3 is 2.59 bits per heavy atom. The molecule has 3 N–H and O–H groups in total. The number of imidazole rings is 1. The van der Waals surface area contributed by atoms with Crippen LogP contribution in [-0.2, 0) is 0 Å². The number of nitrogens with one attached hydrogen (secondary N) is 1. The molecule has 0 atom stereocenters. The lowest BCUT2D eigenvalue weighted by molar-refractivity contribution is 0.0790.